The maximum atomic E-state index is 5.45. The predicted molar refractivity (Wildman–Crippen MR) is 88.4 cm³/mol. The Morgan fingerprint density at radius 3 is 2.96 bits per heavy atom. The van der Waals surface area contributed by atoms with Gasteiger partial charge in [-0.3, -0.25) is 0 Å². The molecule has 0 unspecified atom stereocenters. The van der Waals surface area contributed by atoms with Crippen LogP contribution in [0.2, 0.25) is 0 Å². The van der Waals surface area contributed by atoms with Gasteiger partial charge >= 0.3 is 0 Å². The molecule has 6 heteroatoms. The van der Waals surface area contributed by atoms with Crippen LogP contribution in [0.25, 0.3) is 11.5 Å². The molecule has 1 fully saturated rings. The van der Waals surface area contributed by atoms with Crippen LogP contribution in [-0.2, 0) is 6.42 Å². The molecule has 120 valence electrons. The van der Waals surface area contributed by atoms with Gasteiger partial charge in [0.05, 0.1) is 6.04 Å². The number of hydrogen-bond donors (Lipinski definition) is 1. The Morgan fingerprint density at radius 2 is 2.04 bits per heavy atom. The first-order chi connectivity index (χ1) is 11.9. The van der Waals surface area contributed by atoms with Crippen molar-refractivity contribution < 1.29 is 4.52 Å². The molecular weight excluding hydrogens is 302 g/mol. The Kier molecular flexibility index (Phi) is 3.07. The number of hydrogen-bond acceptors (Lipinski definition) is 6. The second kappa shape index (κ2) is 5.40. The number of nitrogens with one attached hydrogen (secondary N) is 1. The third kappa shape index (κ3) is 2.35. The minimum Gasteiger partial charge on any atom is -0.362 e. The van der Waals surface area contributed by atoms with Gasteiger partial charge in [-0.2, -0.15) is 4.98 Å². The van der Waals surface area contributed by atoms with Crippen LogP contribution in [0.3, 0.4) is 0 Å². The van der Waals surface area contributed by atoms with Gasteiger partial charge in [0.1, 0.15) is 17.7 Å². The summed E-state index contributed by atoms with van der Waals surface area (Å²) in [5.41, 5.74) is 3.51. The van der Waals surface area contributed by atoms with Crippen molar-refractivity contribution in [3.05, 3.63) is 53.7 Å². The monoisotopic (exact) mass is 319 g/mol. The van der Waals surface area contributed by atoms with Crippen LogP contribution < -0.4 is 5.32 Å². The fourth-order valence-corrected chi connectivity index (χ4v) is 3.32. The number of rotatable bonds is 4. The lowest BCUT2D eigenvalue weighted by atomic mass is 10.1. The minimum atomic E-state index is 0.251. The maximum absolute atomic E-state index is 5.45. The van der Waals surface area contributed by atoms with Crippen molar-refractivity contribution >= 4 is 5.82 Å². The third-order valence-corrected chi connectivity index (χ3v) is 4.77. The Labute approximate surface area is 139 Å². The zero-order valence-corrected chi connectivity index (χ0v) is 13.1. The summed E-state index contributed by atoms with van der Waals surface area (Å²) in [4.78, 5) is 13.1. The zero-order chi connectivity index (χ0) is 15.9. The van der Waals surface area contributed by atoms with Gasteiger partial charge in [-0.15, -0.1) is 0 Å². The Bertz CT molecular complexity index is 886. The van der Waals surface area contributed by atoms with Crippen LogP contribution in [-0.4, -0.2) is 20.1 Å². The van der Waals surface area contributed by atoms with Gasteiger partial charge in [0.15, 0.2) is 5.82 Å². The number of aryl methyl sites for hydroxylation is 1. The van der Waals surface area contributed by atoms with E-state index in [0.717, 1.165) is 42.9 Å². The Balaban J connectivity index is 1.46. The standard InChI is InChI=1S/C18H17N5O/c1-2-4-13-11(3-1)7-8-15(13)21-17-14(9-19-10-20-17)18-22-16(23-24-18)12-5-6-12/h1-4,9-10,12,15H,5-8H2,(H,19,20,21)/t15-/m0/s1. The molecule has 2 heterocycles. The lowest BCUT2D eigenvalue weighted by molar-refractivity contribution is 0.422. The summed E-state index contributed by atoms with van der Waals surface area (Å²) >= 11 is 0. The van der Waals surface area contributed by atoms with Crippen LogP contribution in [0, 0.1) is 0 Å². The second-order valence-electron chi connectivity index (χ2n) is 6.45. The van der Waals surface area contributed by atoms with E-state index in [4.69, 9.17) is 4.52 Å². The molecular formula is C18H17N5O. The number of aromatic nitrogens is 4. The molecule has 0 saturated heterocycles. The Morgan fingerprint density at radius 1 is 1.12 bits per heavy atom. The summed E-state index contributed by atoms with van der Waals surface area (Å²) in [6, 6.07) is 8.80. The van der Waals surface area contributed by atoms with E-state index < -0.39 is 0 Å². The van der Waals surface area contributed by atoms with Crippen molar-refractivity contribution in [2.45, 2.75) is 37.6 Å². The fraction of sp³-hybridized carbons (Fsp3) is 0.333. The first-order valence-electron chi connectivity index (χ1n) is 8.37. The highest BCUT2D eigenvalue weighted by Gasteiger charge is 2.30. The van der Waals surface area contributed by atoms with Crippen molar-refractivity contribution in [2.75, 3.05) is 5.32 Å². The van der Waals surface area contributed by atoms with Gasteiger partial charge < -0.3 is 9.84 Å². The summed E-state index contributed by atoms with van der Waals surface area (Å²) in [5, 5.41) is 7.63. The lowest BCUT2D eigenvalue weighted by Gasteiger charge is -2.15. The Hall–Kier alpha value is -2.76. The van der Waals surface area contributed by atoms with Crippen molar-refractivity contribution in [3.8, 4) is 11.5 Å². The van der Waals surface area contributed by atoms with Gasteiger partial charge in [0.25, 0.3) is 5.89 Å². The summed E-state index contributed by atoms with van der Waals surface area (Å²) < 4.78 is 5.45. The SMILES string of the molecule is c1ccc2c(c1)CC[C@@H]2Nc1ncncc1-c1nc(C2CC2)no1. The molecule has 0 radical (unpaired) electrons. The van der Waals surface area contributed by atoms with Gasteiger partial charge in [-0.1, -0.05) is 29.4 Å². The first-order valence-corrected chi connectivity index (χ1v) is 8.37. The molecule has 0 spiro atoms. The lowest BCUT2D eigenvalue weighted by Crippen LogP contribution is -2.09. The highest BCUT2D eigenvalue weighted by atomic mass is 16.5. The molecule has 6 nitrogen and oxygen atoms in total. The molecule has 1 aromatic carbocycles. The van der Waals surface area contributed by atoms with E-state index >= 15 is 0 Å². The third-order valence-electron chi connectivity index (χ3n) is 4.77. The highest BCUT2D eigenvalue weighted by Crippen LogP contribution is 2.40. The van der Waals surface area contributed by atoms with Crippen molar-refractivity contribution in [2.24, 2.45) is 0 Å². The summed E-state index contributed by atoms with van der Waals surface area (Å²) in [7, 11) is 0. The van der Waals surface area contributed by atoms with E-state index in [1.54, 1.807) is 12.5 Å². The van der Waals surface area contributed by atoms with Gasteiger partial charge in [0.2, 0.25) is 0 Å². The zero-order valence-electron chi connectivity index (χ0n) is 13.1. The van der Waals surface area contributed by atoms with E-state index in [-0.39, 0.29) is 6.04 Å². The van der Waals surface area contributed by atoms with Crippen LogP contribution in [0.4, 0.5) is 5.82 Å². The highest BCUT2D eigenvalue weighted by molar-refractivity contribution is 5.68. The molecule has 2 aliphatic rings. The van der Waals surface area contributed by atoms with Crippen LogP contribution >= 0.6 is 0 Å². The average molecular weight is 319 g/mol. The van der Waals surface area contributed by atoms with E-state index in [2.05, 4.69) is 49.7 Å². The molecule has 0 bridgehead atoms. The summed E-state index contributed by atoms with van der Waals surface area (Å²) in [5.74, 6) is 2.50. The molecule has 0 amide bonds. The number of anilines is 1. The molecule has 3 aromatic rings. The smallest absolute Gasteiger partial charge is 0.263 e. The van der Waals surface area contributed by atoms with Crippen LogP contribution in [0.1, 0.15) is 48.2 Å². The van der Waals surface area contributed by atoms with E-state index in [1.165, 1.54) is 11.1 Å². The molecule has 0 aliphatic heterocycles. The van der Waals surface area contributed by atoms with Gasteiger partial charge in [0, 0.05) is 12.1 Å². The van der Waals surface area contributed by atoms with Gasteiger partial charge in [-0.05, 0) is 36.8 Å². The topological polar surface area (TPSA) is 76.7 Å². The number of fused-ring (bicyclic) bond motifs is 1. The fourth-order valence-electron chi connectivity index (χ4n) is 3.32. The predicted octanol–water partition coefficient (Wildman–Crippen LogP) is 3.50. The quantitative estimate of drug-likeness (QED) is 0.793. The molecule has 1 saturated carbocycles. The summed E-state index contributed by atoms with van der Waals surface area (Å²) in [6.45, 7) is 0. The van der Waals surface area contributed by atoms with Crippen molar-refractivity contribution in [1.82, 2.24) is 20.1 Å². The molecule has 5 rings (SSSR count). The van der Waals surface area contributed by atoms with Crippen molar-refractivity contribution in [1.29, 1.82) is 0 Å². The molecule has 1 N–H and O–H groups in total. The van der Waals surface area contributed by atoms with E-state index in [1.807, 2.05) is 0 Å². The second-order valence-corrected chi connectivity index (χ2v) is 6.45. The summed E-state index contributed by atoms with van der Waals surface area (Å²) in [6.07, 6.45) is 7.72. The molecule has 2 aliphatic carbocycles. The molecule has 24 heavy (non-hydrogen) atoms. The maximum Gasteiger partial charge on any atom is 0.263 e. The first kappa shape index (κ1) is 13.7. The largest absolute Gasteiger partial charge is 0.362 e. The minimum absolute atomic E-state index is 0.251. The van der Waals surface area contributed by atoms with E-state index in [9.17, 15) is 0 Å². The van der Waals surface area contributed by atoms with E-state index in [0.29, 0.717) is 11.8 Å². The number of benzene rings is 1. The number of nitrogens with zero attached hydrogens (tertiary/aromatic N) is 4. The molecule has 2 aromatic heterocycles. The molecule has 1 atom stereocenters. The van der Waals surface area contributed by atoms with Gasteiger partial charge in [-0.25, -0.2) is 9.97 Å². The van der Waals surface area contributed by atoms with Crippen LogP contribution in [0.15, 0.2) is 41.3 Å². The van der Waals surface area contributed by atoms with Crippen LogP contribution in [0.5, 0.6) is 0 Å². The normalized spacial score (nSPS) is 19.2. The average Bonchev–Trinajstić information content (AvgIpc) is 3.22. The van der Waals surface area contributed by atoms with Crippen molar-refractivity contribution in [3.63, 3.8) is 0 Å².